The van der Waals surface area contributed by atoms with E-state index in [9.17, 15) is 13.6 Å². The molecular formula is C27H24ClF2N3OS. The molecule has 1 N–H and O–H groups in total. The lowest BCUT2D eigenvalue weighted by Crippen LogP contribution is -2.26. The van der Waals surface area contributed by atoms with Gasteiger partial charge in [-0.25, -0.2) is 13.8 Å². The highest BCUT2D eigenvalue weighted by atomic mass is 35.5. The van der Waals surface area contributed by atoms with E-state index in [1.165, 1.54) is 29.5 Å². The lowest BCUT2D eigenvalue weighted by atomic mass is 9.99. The maximum atomic E-state index is 14.9. The molecule has 0 spiro atoms. The summed E-state index contributed by atoms with van der Waals surface area (Å²) >= 11 is 7.65. The molecule has 0 amide bonds. The van der Waals surface area contributed by atoms with Gasteiger partial charge in [0.15, 0.2) is 0 Å². The van der Waals surface area contributed by atoms with Crippen LogP contribution in [-0.2, 0) is 0 Å². The van der Waals surface area contributed by atoms with Gasteiger partial charge < -0.3 is 5.32 Å². The van der Waals surface area contributed by atoms with Crippen LogP contribution in [0.5, 0.6) is 0 Å². The lowest BCUT2D eigenvalue weighted by Gasteiger charge is -2.20. The Bertz CT molecular complexity index is 1450. The van der Waals surface area contributed by atoms with E-state index < -0.39 is 11.6 Å². The van der Waals surface area contributed by atoms with Gasteiger partial charge >= 0.3 is 0 Å². The summed E-state index contributed by atoms with van der Waals surface area (Å²) in [6, 6.07) is 10.5. The zero-order chi connectivity index (χ0) is 24.7. The molecular weight excluding hydrogens is 488 g/mol. The number of hydrogen-bond donors (Lipinski definition) is 1. The van der Waals surface area contributed by atoms with Crippen LogP contribution in [-0.4, -0.2) is 22.6 Å². The van der Waals surface area contributed by atoms with E-state index in [0.717, 1.165) is 53.8 Å². The average molecular weight is 512 g/mol. The fourth-order valence-electron chi connectivity index (χ4n) is 4.72. The molecule has 0 bridgehead atoms. The monoisotopic (exact) mass is 511 g/mol. The number of halogens is 3. The third-order valence-corrected chi connectivity index (χ3v) is 7.86. The van der Waals surface area contributed by atoms with E-state index in [2.05, 4.69) is 5.32 Å². The number of nitrogens with zero attached hydrogens (tertiary/aromatic N) is 2. The third-order valence-electron chi connectivity index (χ3n) is 6.39. The van der Waals surface area contributed by atoms with Crippen molar-refractivity contribution in [3.05, 3.63) is 91.8 Å². The van der Waals surface area contributed by atoms with Gasteiger partial charge in [-0.2, -0.15) is 0 Å². The molecule has 180 valence electrons. The van der Waals surface area contributed by atoms with Gasteiger partial charge in [0.05, 0.1) is 21.3 Å². The Morgan fingerprint density at radius 3 is 2.46 bits per heavy atom. The van der Waals surface area contributed by atoms with Gasteiger partial charge in [0, 0.05) is 40.4 Å². The van der Waals surface area contributed by atoms with Crippen LogP contribution in [0.15, 0.2) is 53.5 Å². The fourth-order valence-corrected chi connectivity index (χ4v) is 6.33. The topological polar surface area (TPSA) is 46.9 Å². The van der Waals surface area contributed by atoms with Crippen molar-refractivity contribution >= 4 is 22.9 Å². The van der Waals surface area contributed by atoms with Crippen LogP contribution in [0.3, 0.4) is 0 Å². The molecule has 2 aromatic heterocycles. The van der Waals surface area contributed by atoms with E-state index >= 15 is 0 Å². The van der Waals surface area contributed by atoms with Crippen molar-refractivity contribution in [2.75, 3.05) is 13.1 Å². The molecule has 1 aliphatic heterocycles. The van der Waals surface area contributed by atoms with Crippen molar-refractivity contribution in [3.63, 3.8) is 0 Å². The van der Waals surface area contributed by atoms with Crippen molar-refractivity contribution in [2.24, 2.45) is 0 Å². The number of aryl methyl sites for hydroxylation is 2. The number of hydrogen-bond acceptors (Lipinski definition) is 4. The van der Waals surface area contributed by atoms with Gasteiger partial charge in [0.2, 0.25) is 0 Å². The molecule has 8 heteroatoms. The van der Waals surface area contributed by atoms with Crippen LogP contribution in [0.25, 0.3) is 27.4 Å². The Kier molecular flexibility index (Phi) is 6.57. The van der Waals surface area contributed by atoms with E-state index in [4.69, 9.17) is 16.6 Å². The van der Waals surface area contributed by atoms with Gasteiger partial charge in [0.25, 0.3) is 5.56 Å². The van der Waals surface area contributed by atoms with Gasteiger partial charge in [-0.05, 0) is 81.2 Å². The van der Waals surface area contributed by atoms with Crippen LogP contribution >= 0.6 is 22.9 Å². The van der Waals surface area contributed by atoms with Crippen LogP contribution in [0.4, 0.5) is 8.78 Å². The number of thiazole rings is 1. The lowest BCUT2D eigenvalue weighted by molar-refractivity contribution is 0.459. The summed E-state index contributed by atoms with van der Waals surface area (Å²) in [5.41, 5.74) is 3.88. The number of nitrogens with one attached hydrogen (secondary N) is 1. The first-order valence-corrected chi connectivity index (χ1v) is 12.7. The number of aromatic nitrogens is 2. The highest BCUT2D eigenvalue weighted by Gasteiger charge is 2.24. The zero-order valence-corrected chi connectivity index (χ0v) is 20.9. The van der Waals surface area contributed by atoms with Crippen molar-refractivity contribution < 1.29 is 8.78 Å². The normalized spacial score (nSPS) is 14.4. The minimum atomic E-state index is -0.635. The predicted octanol–water partition coefficient (Wildman–Crippen LogP) is 6.64. The molecule has 5 rings (SSSR count). The summed E-state index contributed by atoms with van der Waals surface area (Å²) in [6.07, 6.45) is 3.64. The summed E-state index contributed by atoms with van der Waals surface area (Å²) in [7, 11) is 0. The summed E-state index contributed by atoms with van der Waals surface area (Å²) in [4.78, 5) is 18.5. The van der Waals surface area contributed by atoms with Gasteiger partial charge in [-0.15, -0.1) is 11.3 Å². The van der Waals surface area contributed by atoms with Crippen molar-refractivity contribution in [2.45, 2.75) is 32.6 Å². The van der Waals surface area contributed by atoms with E-state index in [1.54, 1.807) is 16.8 Å². The Hall–Kier alpha value is -2.87. The van der Waals surface area contributed by atoms with Crippen LogP contribution in [0.1, 0.15) is 34.9 Å². The number of benzene rings is 2. The molecule has 0 aliphatic carbocycles. The minimum Gasteiger partial charge on any atom is -0.317 e. The third kappa shape index (κ3) is 4.68. The van der Waals surface area contributed by atoms with Gasteiger partial charge in [-0.1, -0.05) is 11.6 Å². The van der Waals surface area contributed by atoms with E-state index in [0.29, 0.717) is 26.7 Å². The first kappa shape index (κ1) is 23.9. The predicted molar refractivity (Wildman–Crippen MR) is 138 cm³/mol. The quantitative estimate of drug-likeness (QED) is 0.334. The van der Waals surface area contributed by atoms with Crippen LogP contribution in [0.2, 0.25) is 5.02 Å². The standard InChI is InChI=1S/C27H24ClF2N3OS/c1-15-11-19(28)12-16(2)25(15)33-14-18(3-6-23(33)34)24-26(21-5-4-20(29)13-22(21)30)35-27(32-24)17-7-9-31-10-8-17/h3-6,11-14,17,31H,7-10H2,1-2H3. The van der Waals surface area contributed by atoms with E-state index in [1.807, 2.05) is 26.0 Å². The van der Waals surface area contributed by atoms with Gasteiger partial charge in [0.1, 0.15) is 11.6 Å². The maximum Gasteiger partial charge on any atom is 0.255 e. The smallest absolute Gasteiger partial charge is 0.255 e. The van der Waals surface area contributed by atoms with Crippen molar-refractivity contribution in [3.8, 4) is 27.4 Å². The molecule has 0 unspecified atom stereocenters. The number of piperidine rings is 1. The van der Waals surface area contributed by atoms with Crippen molar-refractivity contribution in [1.29, 1.82) is 0 Å². The largest absolute Gasteiger partial charge is 0.317 e. The first-order valence-electron chi connectivity index (χ1n) is 11.5. The highest BCUT2D eigenvalue weighted by molar-refractivity contribution is 7.15. The molecule has 2 aromatic carbocycles. The van der Waals surface area contributed by atoms with E-state index in [-0.39, 0.29) is 11.5 Å². The Balaban J connectivity index is 1.70. The summed E-state index contributed by atoms with van der Waals surface area (Å²) < 4.78 is 30.1. The molecule has 0 saturated carbocycles. The average Bonchev–Trinajstić information content (AvgIpc) is 3.25. The second-order valence-corrected chi connectivity index (χ2v) is 10.4. The second-order valence-electron chi connectivity index (χ2n) is 8.89. The SMILES string of the molecule is Cc1cc(Cl)cc(C)c1-n1cc(-c2nc(C3CCNCC3)sc2-c2ccc(F)cc2F)ccc1=O. The summed E-state index contributed by atoms with van der Waals surface area (Å²) in [5.74, 6) is -0.994. The molecule has 4 nitrogen and oxygen atoms in total. The highest BCUT2D eigenvalue weighted by Crippen LogP contribution is 2.42. The zero-order valence-electron chi connectivity index (χ0n) is 19.4. The fraction of sp³-hybridized carbons (Fsp3) is 0.259. The molecule has 35 heavy (non-hydrogen) atoms. The Labute approximate surface area is 211 Å². The molecule has 4 aromatic rings. The number of pyridine rings is 1. The number of rotatable bonds is 4. The first-order chi connectivity index (χ1) is 16.8. The van der Waals surface area contributed by atoms with Crippen LogP contribution in [0, 0.1) is 25.5 Å². The Morgan fingerprint density at radius 1 is 1.06 bits per heavy atom. The molecule has 3 heterocycles. The Morgan fingerprint density at radius 2 is 1.77 bits per heavy atom. The van der Waals surface area contributed by atoms with Crippen LogP contribution < -0.4 is 10.9 Å². The molecule has 0 atom stereocenters. The summed E-state index contributed by atoms with van der Waals surface area (Å²) in [5, 5.41) is 4.89. The maximum absolute atomic E-state index is 14.9. The van der Waals surface area contributed by atoms with Crippen molar-refractivity contribution in [1.82, 2.24) is 14.9 Å². The molecule has 0 radical (unpaired) electrons. The summed E-state index contributed by atoms with van der Waals surface area (Å²) in [6.45, 7) is 5.62. The molecule has 1 aliphatic rings. The molecule has 1 fully saturated rings. The van der Waals surface area contributed by atoms with Gasteiger partial charge in [-0.3, -0.25) is 9.36 Å². The molecule has 1 saturated heterocycles. The minimum absolute atomic E-state index is 0.189. The second kappa shape index (κ2) is 9.64.